The number of likely N-dealkylation sites (tertiary alicyclic amines) is 1. The second-order valence-corrected chi connectivity index (χ2v) is 8.30. The van der Waals surface area contributed by atoms with Crippen molar-refractivity contribution in [1.82, 2.24) is 9.80 Å². The Morgan fingerprint density at radius 2 is 1.74 bits per heavy atom. The van der Waals surface area contributed by atoms with Gasteiger partial charge in [-0.05, 0) is 49.9 Å². The molecular weight excluding hydrogens is 412 g/mol. The maximum Gasteiger partial charge on any atom is 0.416 e. The van der Waals surface area contributed by atoms with E-state index in [1.807, 2.05) is 11.0 Å². The molecule has 5 nitrogen and oxygen atoms in total. The summed E-state index contributed by atoms with van der Waals surface area (Å²) in [5.74, 6) is -0.262. The molecule has 0 aromatic heterocycles. The van der Waals surface area contributed by atoms with Gasteiger partial charge >= 0.3 is 6.18 Å². The standard InChI is InChI=1S/C22H28F4N4O/c23-19-14-18(22(24,25)26)15-20(16-19)29-12-10-28(11-13-29)7-3-17-4-8-30(9-5-17)21(31)2-1-6-27/h14-17H,1-5,7-13H2. The number of carbonyl (C=O) groups excluding carboxylic acids is 1. The Morgan fingerprint density at radius 3 is 2.35 bits per heavy atom. The monoisotopic (exact) mass is 440 g/mol. The molecule has 0 bridgehead atoms. The predicted octanol–water partition coefficient (Wildman–Crippen LogP) is 3.90. The lowest BCUT2D eigenvalue weighted by molar-refractivity contribution is -0.137. The Hall–Kier alpha value is -2.34. The van der Waals surface area contributed by atoms with E-state index in [1.54, 1.807) is 4.90 Å². The number of alkyl halides is 3. The number of nitriles is 1. The van der Waals surface area contributed by atoms with E-state index >= 15 is 0 Å². The summed E-state index contributed by atoms with van der Waals surface area (Å²) in [6.45, 7) is 4.97. The van der Waals surface area contributed by atoms with Gasteiger partial charge in [-0.25, -0.2) is 4.39 Å². The highest BCUT2D eigenvalue weighted by Crippen LogP contribution is 2.33. The number of carbonyl (C=O) groups is 1. The minimum Gasteiger partial charge on any atom is -0.369 e. The third kappa shape index (κ3) is 6.57. The van der Waals surface area contributed by atoms with E-state index in [4.69, 9.17) is 5.26 Å². The molecule has 0 aliphatic carbocycles. The van der Waals surface area contributed by atoms with E-state index < -0.39 is 17.6 Å². The van der Waals surface area contributed by atoms with E-state index in [2.05, 4.69) is 4.90 Å². The Labute approximate surface area is 180 Å². The van der Waals surface area contributed by atoms with E-state index in [0.29, 0.717) is 31.5 Å². The molecule has 9 heteroatoms. The number of hydrogen-bond donors (Lipinski definition) is 0. The molecule has 3 rings (SSSR count). The summed E-state index contributed by atoms with van der Waals surface area (Å²) in [7, 11) is 0. The number of piperazine rings is 1. The first-order valence-electron chi connectivity index (χ1n) is 10.8. The highest BCUT2D eigenvalue weighted by atomic mass is 19.4. The summed E-state index contributed by atoms with van der Waals surface area (Å²) < 4.78 is 52.5. The maximum atomic E-state index is 13.7. The van der Waals surface area contributed by atoms with Gasteiger partial charge in [0, 0.05) is 57.8 Å². The summed E-state index contributed by atoms with van der Waals surface area (Å²) in [6, 6.07) is 4.72. The molecule has 1 amide bonds. The Kier molecular flexibility index (Phi) is 7.76. The van der Waals surface area contributed by atoms with Crippen LogP contribution in [0.3, 0.4) is 0 Å². The van der Waals surface area contributed by atoms with Crippen LogP contribution in [0, 0.1) is 23.1 Å². The summed E-state index contributed by atoms with van der Waals surface area (Å²) in [5, 5.41) is 8.60. The van der Waals surface area contributed by atoms with Crippen LogP contribution in [0.2, 0.25) is 0 Å². The molecule has 0 spiro atoms. The average molecular weight is 440 g/mol. The molecule has 0 unspecified atom stereocenters. The largest absolute Gasteiger partial charge is 0.416 e. The van der Waals surface area contributed by atoms with Gasteiger partial charge in [0.1, 0.15) is 5.82 Å². The first-order valence-corrected chi connectivity index (χ1v) is 10.8. The first kappa shape index (κ1) is 23.3. The number of benzene rings is 1. The third-order valence-electron chi connectivity index (χ3n) is 6.22. The zero-order chi connectivity index (χ0) is 22.4. The van der Waals surface area contributed by atoms with Gasteiger partial charge in [-0.15, -0.1) is 0 Å². The van der Waals surface area contributed by atoms with Crippen molar-refractivity contribution in [3.05, 3.63) is 29.6 Å². The summed E-state index contributed by atoms with van der Waals surface area (Å²) >= 11 is 0. The molecule has 2 heterocycles. The van der Waals surface area contributed by atoms with Crippen LogP contribution < -0.4 is 4.90 Å². The van der Waals surface area contributed by atoms with Crippen molar-refractivity contribution in [2.75, 3.05) is 50.7 Å². The molecule has 0 saturated carbocycles. The molecule has 2 fully saturated rings. The van der Waals surface area contributed by atoms with Crippen molar-refractivity contribution in [2.24, 2.45) is 5.92 Å². The fraction of sp³-hybridized carbons (Fsp3) is 0.636. The Balaban J connectivity index is 1.41. The van der Waals surface area contributed by atoms with Gasteiger partial charge in [-0.3, -0.25) is 9.69 Å². The second-order valence-electron chi connectivity index (χ2n) is 8.30. The highest BCUT2D eigenvalue weighted by Gasteiger charge is 2.32. The molecule has 2 aliphatic rings. The highest BCUT2D eigenvalue weighted by molar-refractivity contribution is 5.76. The molecule has 1 aromatic carbocycles. The van der Waals surface area contributed by atoms with Crippen molar-refractivity contribution >= 4 is 11.6 Å². The zero-order valence-corrected chi connectivity index (χ0v) is 17.5. The number of nitrogens with zero attached hydrogens (tertiary/aromatic N) is 4. The molecule has 0 N–H and O–H groups in total. The van der Waals surface area contributed by atoms with Crippen LogP contribution in [0.4, 0.5) is 23.2 Å². The molecular formula is C22H28F4N4O. The topological polar surface area (TPSA) is 50.6 Å². The van der Waals surface area contributed by atoms with Gasteiger partial charge in [0.2, 0.25) is 5.91 Å². The van der Waals surface area contributed by atoms with E-state index in [1.165, 1.54) is 0 Å². The van der Waals surface area contributed by atoms with Gasteiger partial charge in [-0.2, -0.15) is 18.4 Å². The van der Waals surface area contributed by atoms with Crippen LogP contribution in [-0.4, -0.2) is 61.5 Å². The van der Waals surface area contributed by atoms with E-state index in [-0.39, 0.29) is 18.0 Å². The van der Waals surface area contributed by atoms with Gasteiger partial charge in [0.15, 0.2) is 0 Å². The molecule has 31 heavy (non-hydrogen) atoms. The number of piperidine rings is 1. The fourth-order valence-electron chi connectivity index (χ4n) is 4.31. The Bertz CT molecular complexity index is 792. The number of anilines is 1. The Morgan fingerprint density at radius 1 is 1.06 bits per heavy atom. The molecule has 0 atom stereocenters. The van der Waals surface area contributed by atoms with Crippen molar-refractivity contribution < 1.29 is 22.4 Å². The van der Waals surface area contributed by atoms with E-state index in [0.717, 1.165) is 64.1 Å². The summed E-state index contributed by atoms with van der Waals surface area (Å²) in [4.78, 5) is 17.9. The third-order valence-corrected chi connectivity index (χ3v) is 6.22. The summed E-state index contributed by atoms with van der Waals surface area (Å²) in [6.07, 6.45) is -1.06. The average Bonchev–Trinajstić information content (AvgIpc) is 2.75. The minimum absolute atomic E-state index is 0.0575. The van der Waals surface area contributed by atoms with Crippen LogP contribution in [0.25, 0.3) is 0 Å². The molecule has 2 aliphatic heterocycles. The van der Waals surface area contributed by atoms with Gasteiger partial charge < -0.3 is 9.80 Å². The van der Waals surface area contributed by atoms with E-state index in [9.17, 15) is 22.4 Å². The van der Waals surface area contributed by atoms with Crippen molar-refractivity contribution in [2.45, 2.75) is 38.3 Å². The predicted molar refractivity (Wildman–Crippen MR) is 109 cm³/mol. The van der Waals surface area contributed by atoms with Gasteiger partial charge in [0.25, 0.3) is 0 Å². The lowest BCUT2D eigenvalue weighted by Gasteiger charge is -2.38. The number of hydrogen-bond acceptors (Lipinski definition) is 4. The lowest BCUT2D eigenvalue weighted by Crippen LogP contribution is -2.47. The SMILES string of the molecule is N#CCCC(=O)N1CCC(CCN2CCN(c3cc(F)cc(C(F)(F)F)c3)CC2)CC1. The summed E-state index contributed by atoms with van der Waals surface area (Å²) in [5.41, 5.74) is -0.678. The lowest BCUT2D eigenvalue weighted by atomic mass is 9.93. The zero-order valence-electron chi connectivity index (χ0n) is 17.5. The van der Waals surface area contributed by atoms with Gasteiger partial charge in [-0.1, -0.05) is 0 Å². The smallest absolute Gasteiger partial charge is 0.369 e. The van der Waals surface area contributed by atoms with Crippen molar-refractivity contribution in [3.8, 4) is 6.07 Å². The van der Waals surface area contributed by atoms with Crippen molar-refractivity contribution in [3.63, 3.8) is 0 Å². The molecule has 170 valence electrons. The van der Waals surface area contributed by atoms with Crippen LogP contribution in [0.1, 0.15) is 37.7 Å². The van der Waals surface area contributed by atoms with Crippen LogP contribution >= 0.6 is 0 Å². The second kappa shape index (κ2) is 10.3. The molecule has 0 radical (unpaired) electrons. The van der Waals surface area contributed by atoms with Crippen LogP contribution in [0.15, 0.2) is 18.2 Å². The maximum absolute atomic E-state index is 13.7. The number of halogens is 4. The van der Waals surface area contributed by atoms with Crippen LogP contribution in [-0.2, 0) is 11.0 Å². The number of rotatable bonds is 6. The normalized spacial score (nSPS) is 18.8. The van der Waals surface area contributed by atoms with Crippen molar-refractivity contribution in [1.29, 1.82) is 5.26 Å². The van der Waals surface area contributed by atoms with Crippen LogP contribution in [0.5, 0.6) is 0 Å². The fourth-order valence-corrected chi connectivity index (χ4v) is 4.31. The first-order chi connectivity index (χ1) is 14.8. The van der Waals surface area contributed by atoms with Gasteiger partial charge in [0.05, 0.1) is 11.6 Å². The quantitative estimate of drug-likeness (QED) is 0.630. The molecule has 2 saturated heterocycles. The number of amides is 1. The molecule has 1 aromatic rings. The minimum atomic E-state index is -4.56.